The number of fused-ring (bicyclic) bond motifs is 1. The lowest BCUT2D eigenvalue weighted by atomic mass is 10.3. The average Bonchev–Trinajstić information content (AvgIpc) is 3.01. The van der Waals surface area contributed by atoms with Gasteiger partial charge in [0.05, 0.1) is 11.2 Å². The molecule has 0 saturated heterocycles. The number of hydrogen-bond donors (Lipinski definition) is 1. The molecular weight excluding hydrogens is 356 g/mol. The van der Waals surface area contributed by atoms with E-state index in [0.717, 1.165) is 12.1 Å². The van der Waals surface area contributed by atoms with E-state index in [0.29, 0.717) is 21.4 Å². The zero-order chi connectivity index (χ0) is 17.3. The number of nitrogens with zero attached hydrogens (tertiary/aromatic N) is 2. The van der Waals surface area contributed by atoms with Crippen molar-refractivity contribution in [1.29, 1.82) is 0 Å². The molecule has 2 aromatic heterocycles. The molecule has 9 heteroatoms. The van der Waals surface area contributed by atoms with Crippen molar-refractivity contribution in [3.8, 4) is 0 Å². The van der Waals surface area contributed by atoms with Gasteiger partial charge in [0.1, 0.15) is 22.9 Å². The van der Waals surface area contributed by atoms with E-state index in [-0.39, 0.29) is 17.8 Å². The van der Waals surface area contributed by atoms with Crippen LogP contribution in [0.15, 0.2) is 39.6 Å². The molecule has 124 valence electrons. The van der Waals surface area contributed by atoms with E-state index in [1.54, 1.807) is 17.7 Å². The summed E-state index contributed by atoms with van der Waals surface area (Å²) < 4.78 is 28.2. The highest BCUT2D eigenvalue weighted by Crippen LogP contribution is 2.19. The Morgan fingerprint density at radius 1 is 1.38 bits per heavy atom. The first-order chi connectivity index (χ1) is 11.5. The van der Waals surface area contributed by atoms with Crippen molar-refractivity contribution in [3.63, 3.8) is 0 Å². The smallest absolute Gasteiger partial charge is 0.272 e. The molecule has 3 aromatic rings. The van der Waals surface area contributed by atoms with Crippen LogP contribution in [-0.4, -0.2) is 21.7 Å². The topological polar surface area (TPSA) is 64.0 Å². The maximum absolute atomic E-state index is 13.6. The zero-order valence-electron chi connectivity index (χ0n) is 12.4. The Hall–Kier alpha value is -2.26. The highest BCUT2D eigenvalue weighted by molar-refractivity contribution is 7.98. The van der Waals surface area contributed by atoms with Gasteiger partial charge in [-0.2, -0.15) is 0 Å². The number of halogens is 2. The molecule has 0 saturated carbocycles. The Morgan fingerprint density at radius 3 is 2.88 bits per heavy atom. The third kappa shape index (κ3) is 3.17. The highest BCUT2D eigenvalue weighted by Gasteiger charge is 2.15. The number of thioether (sulfide) groups is 1. The molecule has 0 spiro atoms. The number of aromatic nitrogens is 2. The second kappa shape index (κ2) is 6.70. The maximum atomic E-state index is 13.6. The maximum Gasteiger partial charge on any atom is 0.272 e. The van der Waals surface area contributed by atoms with E-state index in [1.165, 1.54) is 27.7 Å². The van der Waals surface area contributed by atoms with Crippen molar-refractivity contribution in [2.75, 3.05) is 11.6 Å². The molecule has 0 aliphatic rings. The number of nitrogens with one attached hydrogen (secondary N) is 1. The van der Waals surface area contributed by atoms with E-state index in [2.05, 4.69) is 10.3 Å². The van der Waals surface area contributed by atoms with Gasteiger partial charge in [0.25, 0.3) is 5.56 Å². The van der Waals surface area contributed by atoms with Gasteiger partial charge in [0, 0.05) is 6.07 Å². The monoisotopic (exact) mass is 367 g/mol. The molecule has 0 aliphatic heterocycles. The van der Waals surface area contributed by atoms with Gasteiger partial charge < -0.3 is 5.32 Å². The van der Waals surface area contributed by atoms with Crippen LogP contribution in [0.5, 0.6) is 0 Å². The molecule has 0 bridgehead atoms. The predicted molar refractivity (Wildman–Crippen MR) is 90.6 cm³/mol. The van der Waals surface area contributed by atoms with Crippen molar-refractivity contribution >= 4 is 44.9 Å². The van der Waals surface area contributed by atoms with Crippen LogP contribution in [0.25, 0.3) is 10.2 Å². The normalized spacial score (nSPS) is 11.0. The molecule has 0 unspecified atom stereocenters. The summed E-state index contributed by atoms with van der Waals surface area (Å²) in [6, 6.07) is 4.58. The van der Waals surface area contributed by atoms with Gasteiger partial charge in [-0.1, -0.05) is 11.8 Å². The van der Waals surface area contributed by atoms with Crippen LogP contribution in [0.4, 0.5) is 14.5 Å². The Labute approximate surface area is 143 Å². The minimum atomic E-state index is -0.882. The quantitative estimate of drug-likeness (QED) is 0.569. The Bertz CT molecular complexity index is 984. The van der Waals surface area contributed by atoms with Gasteiger partial charge >= 0.3 is 0 Å². The molecular formula is C15H11F2N3O2S2. The molecule has 24 heavy (non-hydrogen) atoms. The summed E-state index contributed by atoms with van der Waals surface area (Å²) >= 11 is 2.48. The van der Waals surface area contributed by atoms with Crippen molar-refractivity contribution in [1.82, 2.24) is 9.55 Å². The molecule has 0 atom stereocenters. The molecule has 3 rings (SSSR count). The summed E-state index contributed by atoms with van der Waals surface area (Å²) in [5, 5.41) is 4.47. The zero-order valence-corrected chi connectivity index (χ0v) is 14.0. The van der Waals surface area contributed by atoms with Crippen LogP contribution >= 0.6 is 23.1 Å². The third-order valence-electron chi connectivity index (χ3n) is 3.22. The lowest BCUT2D eigenvalue weighted by Crippen LogP contribution is -2.29. The number of amides is 1. The third-order valence-corrected chi connectivity index (χ3v) is 4.79. The summed E-state index contributed by atoms with van der Waals surface area (Å²) in [6.45, 7) is -0.313. The highest BCUT2D eigenvalue weighted by atomic mass is 32.2. The molecule has 1 N–H and O–H groups in total. The minimum Gasteiger partial charge on any atom is -0.322 e. The second-order valence-electron chi connectivity index (χ2n) is 4.80. The van der Waals surface area contributed by atoms with Crippen molar-refractivity contribution in [3.05, 3.63) is 51.6 Å². The Kier molecular flexibility index (Phi) is 4.63. The summed E-state index contributed by atoms with van der Waals surface area (Å²) in [5.74, 6) is -2.22. The summed E-state index contributed by atoms with van der Waals surface area (Å²) in [7, 11) is 0. The molecule has 0 fully saturated rings. The SMILES string of the molecule is CSc1nc2ccsc2c(=O)n1CC(=O)Nc1ccc(F)cc1F. The van der Waals surface area contributed by atoms with Crippen molar-refractivity contribution < 1.29 is 13.6 Å². The van der Waals surface area contributed by atoms with Gasteiger partial charge in [0.15, 0.2) is 5.16 Å². The van der Waals surface area contributed by atoms with Gasteiger partial charge in [-0.05, 0) is 29.8 Å². The number of hydrogen-bond acceptors (Lipinski definition) is 5. The molecule has 0 radical (unpaired) electrons. The Morgan fingerprint density at radius 2 is 2.17 bits per heavy atom. The van der Waals surface area contributed by atoms with E-state index in [9.17, 15) is 18.4 Å². The van der Waals surface area contributed by atoms with Gasteiger partial charge in [0.2, 0.25) is 5.91 Å². The lowest BCUT2D eigenvalue weighted by Gasteiger charge is -2.11. The lowest BCUT2D eigenvalue weighted by molar-refractivity contribution is -0.116. The molecule has 5 nitrogen and oxygen atoms in total. The first kappa shape index (κ1) is 16.6. The fraction of sp³-hybridized carbons (Fsp3) is 0.133. The van der Waals surface area contributed by atoms with Gasteiger partial charge in [-0.25, -0.2) is 13.8 Å². The van der Waals surface area contributed by atoms with E-state index < -0.39 is 17.5 Å². The molecule has 0 aliphatic carbocycles. The van der Waals surface area contributed by atoms with Crippen LogP contribution < -0.4 is 10.9 Å². The van der Waals surface area contributed by atoms with Crippen molar-refractivity contribution in [2.24, 2.45) is 0 Å². The van der Waals surface area contributed by atoms with E-state index >= 15 is 0 Å². The summed E-state index contributed by atoms with van der Waals surface area (Å²) in [4.78, 5) is 29.0. The predicted octanol–water partition coefficient (Wildman–Crippen LogP) is 3.10. The van der Waals surface area contributed by atoms with Crippen LogP contribution in [-0.2, 0) is 11.3 Å². The standard InChI is InChI=1S/C15H11F2N3O2S2/c1-23-15-19-11-4-5-24-13(11)14(22)20(15)7-12(21)18-10-3-2-8(16)6-9(10)17/h2-6H,7H2,1H3,(H,18,21). The fourth-order valence-electron chi connectivity index (χ4n) is 2.14. The number of thiophene rings is 1. The van der Waals surface area contributed by atoms with Gasteiger partial charge in [-0.15, -0.1) is 11.3 Å². The van der Waals surface area contributed by atoms with Crippen LogP contribution in [0, 0.1) is 11.6 Å². The molecule has 1 aromatic carbocycles. The van der Waals surface area contributed by atoms with E-state index in [4.69, 9.17) is 0 Å². The number of carbonyl (C=O) groups is 1. The number of benzene rings is 1. The molecule has 1 amide bonds. The molecule has 2 heterocycles. The first-order valence-electron chi connectivity index (χ1n) is 6.76. The Balaban J connectivity index is 1.90. The van der Waals surface area contributed by atoms with Crippen molar-refractivity contribution in [2.45, 2.75) is 11.7 Å². The minimum absolute atomic E-state index is 0.148. The summed E-state index contributed by atoms with van der Waals surface area (Å²) in [5.41, 5.74) is 0.106. The largest absolute Gasteiger partial charge is 0.322 e. The number of carbonyl (C=O) groups excluding carboxylic acids is 1. The van der Waals surface area contributed by atoms with Crippen LogP contribution in [0.2, 0.25) is 0 Å². The van der Waals surface area contributed by atoms with Gasteiger partial charge in [-0.3, -0.25) is 14.2 Å². The second-order valence-corrected chi connectivity index (χ2v) is 6.49. The van der Waals surface area contributed by atoms with Crippen LogP contribution in [0.1, 0.15) is 0 Å². The van der Waals surface area contributed by atoms with E-state index in [1.807, 2.05) is 0 Å². The summed E-state index contributed by atoms with van der Waals surface area (Å²) in [6.07, 6.45) is 1.74. The number of anilines is 1. The number of rotatable bonds is 4. The average molecular weight is 367 g/mol. The first-order valence-corrected chi connectivity index (χ1v) is 8.87. The van der Waals surface area contributed by atoms with Crippen LogP contribution in [0.3, 0.4) is 0 Å². The fourth-order valence-corrected chi connectivity index (χ4v) is 3.48.